The van der Waals surface area contributed by atoms with E-state index in [-0.39, 0.29) is 11.8 Å². The Bertz CT molecular complexity index is 354. The molecule has 0 atom stereocenters. The quantitative estimate of drug-likeness (QED) is 0.763. The lowest BCUT2D eigenvalue weighted by atomic mass is 10.1. The molecule has 0 saturated heterocycles. The van der Waals surface area contributed by atoms with Gasteiger partial charge in [0.15, 0.2) is 0 Å². The third-order valence-corrected chi connectivity index (χ3v) is 2.79. The first-order valence-corrected chi connectivity index (χ1v) is 6.39. The third-order valence-electron chi connectivity index (χ3n) is 2.79. The fraction of sp³-hybridized carbons (Fsp3) is 0.533. The maximum absolute atomic E-state index is 12.0. The molecule has 1 rings (SSSR count). The van der Waals surface area contributed by atoms with Gasteiger partial charge in [0.25, 0.3) is 0 Å². The molecule has 1 aromatic rings. The second-order valence-corrected chi connectivity index (χ2v) is 4.90. The highest BCUT2D eigenvalue weighted by Gasteiger charge is 2.16. The molecule has 0 N–H and O–H groups in total. The summed E-state index contributed by atoms with van der Waals surface area (Å²) in [5.74, 6) is 0.319. The van der Waals surface area contributed by atoms with Crippen LogP contribution in [0.25, 0.3) is 0 Å². The zero-order valence-electron chi connectivity index (χ0n) is 11.4. The second kappa shape index (κ2) is 6.43. The van der Waals surface area contributed by atoms with Crippen molar-refractivity contribution in [2.75, 3.05) is 6.54 Å². The van der Waals surface area contributed by atoms with Gasteiger partial charge in [-0.15, -0.1) is 0 Å². The van der Waals surface area contributed by atoms with Gasteiger partial charge < -0.3 is 4.90 Å². The van der Waals surface area contributed by atoms with Crippen molar-refractivity contribution in [3.05, 3.63) is 35.4 Å². The Morgan fingerprint density at radius 3 is 2.29 bits per heavy atom. The van der Waals surface area contributed by atoms with Gasteiger partial charge >= 0.3 is 0 Å². The summed E-state index contributed by atoms with van der Waals surface area (Å²) in [4.78, 5) is 14.0. The molecule has 0 fully saturated rings. The lowest BCUT2D eigenvalue weighted by Crippen LogP contribution is -2.34. The van der Waals surface area contributed by atoms with Crippen LogP contribution in [-0.4, -0.2) is 17.4 Å². The molecule has 94 valence electrons. The Morgan fingerprint density at radius 1 is 1.24 bits per heavy atom. The van der Waals surface area contributed by atoms with E-state index in [1.54, 1.807) is 0 Å². The number of benzene rings is 1. The maximum Gasteiger partial charge on any atom is 0.225 e. The highest BCUT2D eigenvalue weighted by atomic mass is 16.2. The molecule has 0 aromatic heterocycles. The van der Waals surface area contributed by atoms with Gasteiger partial charge in [-0.25, -0.2) is 0 Å². The lowest BCUT2D eigenvalue weighted by Gasteiger charge is -2.24. The fourth-order valence-corrected chi connectivity index (χ4v) is 1.82. The first-order valence-electron chi connectivity index (χ1n) is 6.39. The summed E-state index contributed by atoms with van der Waals surface area (Å²) in [6, 6.07) is 8.40. The van der Waals surface area contributed by atoms with Crippen molar-refractivity contribution < 1.29 is 4.79 Å². The van der Waals surface area contributed by atoms with Crippen LogP contribution in [0.4, 0.5) is 0 Å². The van der Waals surface area contributed by atoms with Crippen molar-refractivity contribution in [2.24, 2.45) is 5.92 Å². The standard InChI is InChI=1S/C15H23NO/c1-5-10-16(15(17)12(2)3)11-14-8-6-13(4)7-9-14/h6-9,12H,5,10-11H2,1-4H3. The molecule has 1 amide bonds. The molecule has 0 saturated carbocycles. The van der Waals surface area contributed by atoms with Crippen LogP contribution in [0.3, 0.4) is 0 Å². The molecule has 0 bridgehead atoms. The second-order valence-electron chi connectivity index (χ2n) is 4.90. The Labute approximate surface area is 105 Å². The zero-order chi connectivity index (χ0) is 12.8. The first-order chi connectivity index (χ1) is 8.04. The van der Waals surface area contributed by atoms with Crippen LogP contribution < -0.4 is 0 Å². The molecule has 0 spiro atoms. The number of rotatable bonds is 5. The highest BCUT2D eigenvalue weighted by molar-refractivity contribution is 5.78. The van der Waals surface area contributed by atoms with Crippen molar-refractivity contribution >= 4 is 5.91 Å². The van der Waals surface area contributed by atoms with E-state index >= 15 is 0 Å². The van der Waals surface area contributed by atoms with Crippen LogP contribution >= 0.6 is 0 Å². The number of nitrogens with zero attached hydrogens (tertiary/aromatic N) is 1. The molecule has 0 radical (unpaired) electrons. The van der Waals surface area contributed by atoms with Gasteiger partial charge in [0.1, 0.15) is 0 Å². The summed E-state index contributed by atoms with van der Waals surface area (Å²) in [6.07, 6.45) is 1.00. The van der Waals surface area contributed by atoms with Crippen molar-refractivity contribution in [3.8, 4) is 0 Å². The summed E-state index contributed by atoms with van der Waals surface area (Å²) >= 11 is 0. The predicted molar refractivity (Wildman–Crippen MR) is 71.7 cm³/mol. The van der Waals surface area contributed by atoms with Crippen molar-refractivity contribution in [2.45, 2.75) is 40.7 Å². The SMILES string of the molecule is CCCN(Cc1ccc(C)cc1)C(=O)C(C)C. The van der Waals surface area contributed by atoms with Gasteiger partial charge in [-0.2, -0.15) is 0 Å². The lowest BCUT2D eigenvalue weighted by molar-refractivity contribution is -0.135. The van der Waals surface area contributed by atoms with E-state index in [2.05, 4.69) is 38.1 Å². The smallest absolute Gasteiger partial charge is 0.225 e. The van der Waals surface area contributed by atoms with Gasteiger partial charge in [0, 0.05) is 19.0 Å². The predicted octanol–water partition coefficient (Wildman–Crippen LogP) is 3.39. The molecular formula is C15H23NO. The number of amides is 1. The van der Waals surface area contributed by atoms with E-state index in [9.17, 15) is 4.79 Å². The Morgan fingerprint density at radius 2 is 1.82 bits per heavy atom. The topological polar surface area (TPSA) is 20.3 Å². The van der Waals surface area contributed by atoms with E-state index < -0.39 is 0 Å². The van der Waals surface area contributed by atoms with Crippen molar-refractivity contribution in [1.29, 1.82) is 0 Å². The van der Waals surface area contributed by atoms with E-state index in [0.29, 0.717) is 0 Å². The van der Waals surface area contributed by atoms with Gasteiger partial charge in [0.2, 0.25) is 5.91 Å². The molecule has 2 nitrogen and oxygen atoms in total. The Kier molecular flexibility index (Phi) is 5.20. The molecule has 1 aromatic carbocycles. The molecule has 2 heteroatoms. The maximum atomic E-state index is 12.0. The molecule has 0 aliphatic heterocycles. The van der Waals surface area contributed by atoms with Crippen molar-refractivity contribution in [1.82, 2.24) is 4.90 Å². The molecule has 0 aliphatic rings. The van der Waals surface area contributed by atoms with Crippen LogP contribution in [-0.2, 0) is 11.3 Å². The Hall–Kier alpha value is -1.31. The molecule has 0 aliphatic carbocycles. The van der Waals surface area contributed by atoms with Crippen LogP contribution in [0.5, 0.6) is 0 Å². The third kappa shape index (κ3) is 4.22. The van der Waals surface area contributed by atoms with Crippen LogP contribution in [0, 0.1) is 12.8 Å². The summed E-state index contributed by atoms with van der Waals surface area (Å²) < 4.78 is 0. The van der Waals surface area contributed by atoms with Crippen LogP contribution in [0.2, 0.25) is 0 Å². The minimum atomic E-state index is 0.0759. The largest absolute Gasteiger partial charge is 0.338 e. The summed E-state index contributed by atoms with van der Waals surface area (Å²) in [6.45, 7) is 9.67. The first kappa shape index (κ1) is 13.8. The monoisotopic (exact) mass is 233 g/mol. The van der Waals surface area contributed by atoms with Gasteiger partial charge in [-0.3, -0.25) is 4.79 Å². The normalized spacial score (nSPS) is 10.6. The van der Waals surface area contributed by atoms with E-state index in [0.717, 1.165) is 19.5 Å². The molecule has 0 heterocycles. The van der Waals surface area contributed by atoms with Gasteiger partial charge in [0.05, 0.1) is 0 Å². The zero-order valence-corrected chi connectivity index (χ0v) is 11.4. The molecule has 17 heavy (non-hydrogen) atoms. The average Bonchev–Trinajstić information content (AvgIpc) is 2.30. The summed E-state index contributed by atoms with van der Waals surface area (Å²) in [5.41, 5.74) is 2.46. The summed E-state index contributed by atoms with van der Waals surface area (Å²) in [7, 11) is 0. The van der Waals surface area contributed by atoms with Gasteiger partial charge in [-0.1, -0.05) is 50.6 Å². The minimum absolute atomic E-state index is 0.0759. The Balaban J connectivity index is 2.72. The van der Waals surface area contributed by atoms with Crippen molar-refractivity contribution in [3.63, 3.8) is 0 Å². The van der Waals surface area contributed by atoms with Gasteiger partial charge in [-0.05, 0) is 18.9 Å². The molecular weight excluding hydrogens is 210 g/mol. The highest BCUT2D eigenvalue weighted by Crippen LogP contribution is 2.10. The molecule has 0 unspecified atom stereocenters. The number of carbonyl (C=O) groups is 1. The average molecular weight is 233 g/mol. The summed E-state index contributed by atoms with van der Waals surface area (Å²) in [5, 5.41) is 0. The number of carbonyl (C=O) groups excluding carboxylic acids is 1. The van der Waals surface area contributed by atoms with E-state index in [1.165, 1.54) is 11.1 Å². The van der Waals surface area contributed by atoms with Crippen LogP contribution in [0.15, 0.2) is 24.3 Å². The van der Waals surface area contributed by atoms with E-state index in [4.69, 9.17) is 0 Å². The minimum Gasteiger partial charge on any atom is -0.338 e. The number of hydrogen-bond acceptors (Lipinski definition) is 1. The number of hydrogen-bond donors (Lipinski definition) is 0. The number of aryl methyl sites for hydroxylation is 1. The fourth-order valence-electron chi connectivity index (χ4n) is 1.82. The van der Waals surface area contributed by atoms with E-state index in [1.807, 2.05) is 18.7 Å². The van der Waals surface area contributed by atoms with Crippen LogP contribution in [0.1, 0.15) is 38.3 Å².